The van der Waals surface area contributed by atoms with Crippen molar-refractivity contribution >= 4 is 28.2 Å². The number of hydrogen-bond donors (Lipinski definition) is 0. The van der Waals surface area contributed by atoms with E-state index in [0.717, 1.165) is 39.9 Å². The van der Waals surface area contributed by atoms with E-state index in [1.165, 1.54) is 0 Å². The minimum atomic E-state index is 0.872. The van der Waals surface area contributed by atoms with Gasteiger partial charge in [0.05, 0.1) is 11.1 Å². The van der Waals surface area contributed by atoms with Crippen LogP contribution in [0.3, 0.4) is 0 Å². The number of aromatic nitrogens is 3. The van der Waals surface area contributed by atoms with E-state index >= 15 is 0 Å². The molecule has 0 atom stereocenters. The zero-order valence-electron chi connectivity index (χ0n) is 25.2. The van der Waals surface area contributed by atoms with Crippen LogP contribution < -0.4 is 9.36 Å². The molecule has 0 saturated carbocycles. The van der Waals surface area contributed by atoms with Gasteiger partial charge in [0.25, 0.3) is 0 Å². The fourth-order valence-electron chi connectivity index (χ4n) is 4.15. The molecule has 0 radical (unpaired) electrons. The summed E-state index contributed by atoms with van der Waals surface area (Å²) in [7, 11) is 0. The van der Waals surface area contributed by atoms with Crippen molar-refractivity contribution in [3.63, 3.8) is 0 Å². The van der Waals surface area contributed by atoms with Crippen LogP contribution >= 0.6 is 0 Å². The molecule has 0 bridgehead atoms. The minimum Gasteiger partial charge on any atom is -0.150 e. The fraction of sp³-hybridized carbons (Fsp3) is 0.105. The number of hydrogen-bond acceptors (Lipinski definition) is 0. The molecule has 0 fully saturated rings. The standard InChI is InChI=1S/C38H45N3/c1-11-21-30-32(20-10)37-39(34(25-15-5)31-22-12-2)38(33(23-13-3)24-14-4)41(36(28-18-8)29-19-9)40(37)35(26-16-6)27-17-7/h11-31H,1-3,5-6,8H2,4,7,9-10H3/q+2/b24-14-,27-17-,29-19-,30-21-,31-22-,32-20+,33-23+,34-25+,35-26+,36-28+. The van der Waals surface area contributed by atoms with E-state index in [9.17, 15) is 0 Å². The van der Waals surface area contributed by atoms with Gasteiger partial charge in [0, 0.05) is 0 Å². The molecule has 1 heterocycles. The zero-order valence-corrected chi connectivity index (χ0v) is 25.2. The molecule has 0 aliphatic rings. The number of rotatable bonds is 16. The van der Waals surface area contributed by atoms with Gasteiger partial charge < -0.3 is 0 Å². The van der Waals surface area contributed by atoms with Gasteiger partial charge in [0.15, 0.2) is 11.4 Å². The molecule has 0 unspecified atom stereocenters. The van der Waals surface area contributed by atoms with E-state index in [1.54, 1.807) is 36.5 Å². The van der Waals surface area contributed by atoms with Crippen LogP contribution in [0, 0.1) is 0 Å². The highest BCUT2D eigenvalue weighted by Crippen LogP contribution is 2.27. The average molecular weight is 544 g/mol. The fourth-order valence-corrected chi connectivity index (χ4v) is 4.15. The van der Waals surface area contributed by atoms with Crippen LogP contribution in [0.4, 0.5) is 0 Å². The Kier molecular flexibility index (Phi) is 15.8. The summed E-state index contributed by atoms with van der Waals surface area (Å²) in [5.74, 6) is 1.75. The van der Waals surface area contributed by atoms with E-state index in [4.69, 9.17) is 0 Å². The van der Waals surface area contributed by atoms with Crippen LogP contribution in [-0.4, -0.2) is 4.57 Å². The largest absolute Gasteiger partial charge is 0.339 e. The van der Waals surface area contributed by atoms with E-state index < -0.39 is 0 Å². The monoisotopic (exact) mass is 543 g/mol. The van der Waals surface area contributed by atoms with Crippen LogP contribution in [0.25, 0.3) is 28.2 Å². The van der Waals surface area contributed by atoms with Crippen molar-refractivity contribution in [2.75, 3.05) is 0 Å². The van der Waals surface area contributed by atoms with Crippen LogP contribution in [0.5, 0.6) is 0 Å². The van der Waals surface area contributed by atoms with Crippen LogP contribution in [0.15, 0.2) is 167 Å². The van der Waals surface area contributed by atoms with Gasteiger partial charge in [-0.05, 0) is 85.7 Å². The van der Waals surface area contributed by atoms with E-state index in [-0.39, 0.29) is 0 Å². The Balaban J connectivity index is 5.12. The smallest absolute Gasteiger partial charge is 0.150 e. The van der Waals surface area contributed by atoms with Gasteiger partial charge in [-0.1, -0.05) is 118 Å². The van der Waals surface area contributed by atoms with Crippen molar-refractivity contribution in [3.05, 3.63) is 179 Å². The second-order valence-corrected chi connectivity index (χ2v) is 8.38. The molecule has 1 rings (SSSR count). The molecule has 1 aromatic rings. The van der Waals surface area contributed by atoms with Crippen molar-refractivity contribution in [2.24, 2.45) is 0 Å². The third-order valence-corrected chi connectivity index (χ3v) is 5.60. The highest BCUT2D eigenvalue weighted by molar-refractivity contribution is 5.79. The normalized spacial score (nSPS) is 14.2. The predicted octanol–water partition coefficient (Wildman–Crippen LogP) is 9.33. The van der Waals surface area contributed by atoms with E-state index in [1.807, 2.05) is 94.5 Å². The quantitative estimate of drug-likeness (QED) is 0.146. The molecule has 0 N–H and O–H groups in total. The summed E-state index contributed by atoms with van der Waals surface area (Å²) < 4.78 is 6.56. The molecule has 0 saturated heterocycles. The summed E-state index contributed by atoms with van der Waals surface area (Å²) in [6, 6.07) is 0. The zero-order chi connectivity index (χ0) is 30.6. The summed E-state index contributed by atoms with van der Waals surface area (Å²) in [6.45, 7) is 31.9. The Bertz CT molecular complexity index is 1440. The summed E-state index contributed by atoms with van der Waals surface area (Å²) >= 11 is 0. The molecular weight excluding hydrogens is 498 g/mol. The molecule has 0 aliphatic carbocycles. The number of nitrogens with zero attached hydrogens (tertiary/aromatic N) is 3. The second-order valence-electron chi connectivity index (χ2n) is 8.38. The summed E-state index contributed by atoms with van der Waals surface area (Å²) in [5, 5.41) is 0. The first-order valence-electron chi connectivity index (χ1n) is 13.6. The molecular formula is C38H45N3+2. The Morgan fingerprint density at radius 2 is 0.976 bits per heavy atom. The second kappa shape index (κ2) is 19.1. The Morgan fingerprint density at radius 3 is 1.39 bits per heavy atom. The summed E-state index contributed by atoms with van der Waals surface area (Å²) in [5.41, 5.74) is 4.56. The lowest BCUT2D eigenvalue weighted by atomic mass is 10.1. The number of allylic oxidation sites excluding steroid dienone is 26. The average Bonchev–Trinajstić information content (AvgIpc) is 3.30. The molecule has 0 aromatic carbocycles. The SMILES string of the molecule is C=C/C=C\C(=C/C)c1n(C(/C=C\C=C)=C/C=C)c(C(/C=C\C)=C/C=C)[n+](C(/C=C\C)=C/C=C)[n+]1C(/C=C\C)=C/C=C. The topological polar surface area (TPSA) is 12.7 Å². The van der Waals surface area contributed by atoms with Crippen LogP contribution in [0.1, 0.15) is 39.3 Å². The molecule has 3 heteroatoms. The van der Waals surface area contributed by atoms with Crippen molar-refractivity contribution in [3.8, 4) is 0 Å². The highest BCUT2D eigenvalue weighted by atomic mass is 15.5. The molecule has 1 aromatic heterocycles. The van der Waals surface area contributed by atoms with Crippen molar-refractivity contribution in [1.29, 1.82) is 0 Å². The lowest BCUT2D eigenvalue weighted by molar-refractivity contribution is -1.16. The summed E-state index contributed by atoms with van der Waals surface area (Å²) in [4.78, 5) is 0. The lowest BCUT2D eigenvalue weighted by Gasteiger charge is -2.05. The maximum Gasteiger partial charge on any atom is 0.339 e. The van der Waals surface area contributed by atoms with E-state index in [2.05, 4.69) is 77.7 Å². The maximum atomic E-state index is 4.02. The Hall–Kier alpha value is -5.02. The molecule has 210 valence electrons. The Morgan fingerprint density at radius 1 is 0.512 bits per heavy atom. The minimum absolute atomic E-state index is 0.872. The molecule has 0 aliphatic heterocycles. The molecule has 41 heavy (non-hydrogen) atoms. The van der Waals surface area contributed by atoms with Gasteiger partial charge >= 0.3 is 11.6 Å². The van der Waals surface area contributed by atoms with E-state index in [0.29, 0.717) is 0 Å². The molecule has 0 spiro atoms. The third kappa shape index (κ3) is 8.74. The van der Waals surface area contributed by atoms with Gasteiger partial charge in [-0.3, -0.25) is 0 Å². The van der Waals surface area contributed by atoms with Gasteiger partial charge in [-0.15, -0.1) is 0 Å². The van der Waals surface area contributed by atoms with Gasteiger partial charge in [0.1, 0.15) is 5.70 Å². The highest BCUT2D eigenvalue weighted by Gasteiger charge is 2.40. The summed E-state index contributed by atoms with van der Waals surface area (Å²) in [6.07, 6.45) is 40.9. The lowest BCUT2D eigenvalue weighted by Crippen LogP contribution is -2.65. The van der Waals surface area contributed by atoms with Gasteiger partial charge in [-0.2, -0.15) is 4.57 Å². The maximum absolute atomic E-state index is 4.02. The van der Waals surface area contributed by atoms with Crippen LogP contribution in [-0.2, 0) is 0 Å². The first-order chi connectivity index (χ1) is 20.0. The first kappa shape index (κ1) is 34.0. The molecule has 3 nitrogen and oxygen atoms in total. The van der Waals surface area contributed by atoms with Gasteiger partial charge in [-0.25, -0.2) is 0 Å². The molecule has 0 amide bonds. The van der Waals surface area contributed by atoms with Crippen molar-refractivity contribution < 1.29 is 9.36 Å². The van der Waals surface area contributed by atoms with Crippen molar-refractivity contribution in [1.82, 2.24) is 4.57 Å². The first-order valence-corrected chi connectivity index (χ1v) is 13.6. The van der Waals surface area contributed by atoms with Crippen LogP contribution in [0.2, 0.25) is 0 Å². The predicted molar refractivity (Wildman–Crippen MR) is 183 cm³/mol. The Labute approximate surface area is 248 Å². The van der Waals surface area contributed by atoms with Gasteiger partial charge in [0.2, 0.25) is 0 Å². The van der Waals surface area contributed by atoms with Crippen molar-refractivity contribution in [2.45, 2.75) is 27.7 Å². The third-order valence-electron chi connectivity index (χ3n) is 5.60.